The molecule has 1 unspecified atom stereocenters. The fourth-order valence-corrected chi connectivity index (χ4v) is 2.19. The van der Waals surface area contributed by atoms with Crippen LogP contribution in [-0.4, -0.2) is 35.6 Å². The maximum atomic E-state index is 13.7. The number of amides is 2. The van der Waals surface area contributed by atoms with Gasteiger partial charge in [-0.05, 0) is 25.8 Å². The van der Waals surface area contributed by atoms with Crippen LogP contribution in [-0.2, 0) is 4.79 Å². The number of hydrogen-bond acceptors (Lipinski definition) is 2. The second-order valence-corrected chi connectivity index (χ2v) is 5.55. The normalized spacial score (nSPS) is 16.9. The number of nitrogens with zero attached hydrogens (tertiary/aromatic N) is 1. The lowest BCUT2D eigenvalue weighted by Crippen LogP contribution is -2.42. The zero-order chi connectivity index (χ0) is 15.6. The molecular formula is C15H19FN2O3. The average Bonchev–Trinajstić information content (AvgIpc) is 3.25. The summed E-state index contributed by atoms with van der Waals surface area (Å²) in [4.78, 5) is 24.5. The molecule has 5 nitrogen and oxygen atoms in total. The Labute approximate surface area is 122 Å². The standard InChI is InChI=1S/C15H19FN2O3/c1-10(11-5-3-4-6-12(11)16)18(2)14(21)17-9-15(7-8-15)13(19)20/h3-6,10H,7-9H2,1-2H3,(H,17,21)(H,19,20). The van der Waals surface area contributed by atoms with Crippen molar-refractivity contribution in [3.63, 3.8) is 0 Å². The highest BCUT2D eigenvalue weighted by Crippen LogP contribution is 2.45. The highest BCUT2D eigenvalue weighted by molar-refractivity contribution is 5.80. The van der Waals surface area contributed by atoms with E-state index in [0.29, 0.717) is 18.4 Å². The lowest BCUT2D eigenvalue weighted by Gasteiger charge is -2.26. The zero-order valence-corrected chi connectivity index (χ0v) is 12.1. The molecule has 0 aromatic heterocycles. The number of urea groups is 1. The third-order valence-electron chi connectivity index (χ3n) is 4.14. The molecule has 1 aromatic rings. The maximum Gasteiger partial charge on any atom is 0.317 e. The number of halogens is 1. The van der Waals surface area contributed by atoms with Crippen LogP contribution >= 0.6 is 0 Å². The van der Waals surface area contributed by atoms with Gasteiger partial charge in [0.05, 0.1) is 11.5 Å². The zero-order valence-electron chi connectivity index (χ0n) is 12.1. The molecule has 1 fully saturated rings. The minimum absolute atomic E-state index is 0.107. The number of aliphatic carboxylic acids is 1. The number of carboxylic acids is 1. The van der Waals surface area contributed by atoms with Gasteiger partial charge in [0.2, 0.25) is 0 Å². The molecule has 1 atom stereocenters. The summed E-state index contributed by atoms with van der Waals surface area (Å²) in [5.41, 5.74) is -0.382. The van der Waals surface area contributed by atoms with Crippen molar-refractivity contribution in [1.29, 1.82) is 0 Å². The molecule has 1 saturated carbocycles. The molecule has 0 bridgehead atoms. The fourth-order valence-electron chi connectivity index (χ4n) is 2.19. The quantitative estimate of drug-likeness (QED) is 0.876. The maximum absolute atomic E-state index is 13.7. The molecule has 0 spiro atoms. The highest BCUT2D eigenvalue weighted by Gasteiger charge is 2.50. The van der Waals surface area contributed by atoms with Crippen LogP contribution in [0.25, 0.3) is 0 Å². The van der Waals surface area contributed by atoms with Crippen LogP contribution in [0.1, 0.15) is 31.4 Å². The van der Waals surface area contributed by atoms with E-state index < -0.39 is 23.5 Å². The van der Waals surface area contributed by atoms with E-state index in [-0.39, 0.29) is 12.4 Å². The van der Waals surface area contributed by atoms with Crippen molar-refractivity contribution >= 4 is 12.0 Å². The molecule has 2 amide bonds. The molecule has 6 heteroatoms. The lowest BCUT2D eigenvalue weighted by atomic mass is 10.1. The predicted molar refractivity (Wildman–Crippen MR) is 75.3 cm³/mol. The van der Waals surface area contributed by atoms with E-state index in [1.54, 1.807) is 32.2 Å². The summed E-state index contributed by atoms with van der Waals surface area (Å²) in [5.74, 6) is -1.25. The van der Waals surface area contributed by atoms with Gasteiger partial charge in [0.1, 0.15) is 5.82 Å². The third-order valence-corrected chi connectivity index (χ3v) is 4.14. The van der Waals surface area contributed by atoms with Crippen molar-refractivity contribution in [2.24, 2.45) is 5.41 Å². The molecule has 1 aliphatic carbocycles. The summed E-state index contributed by atoms with van der Waals surface area (Å²) >= 11 is 0. The van der Waals surface area contributed by atoms with Gasteiger partial charge in [-0.1, -0.05) is 18.2 Å². The van der Waals surface area contributed by atoms with Gasteiger partial charge in [0, 0.05) is 19.2 Å². The van der Waals surface area contributed by atoms with E-state index in [1.165, 1.54) is 11.0 Å². The molecule has 0 heterocycles. The minimum atomic E-state index is -0.882. The number of benzene rings is 1. The topological polar surface area (TPSA) is 69.6 Å². The van der Waals surface area contributed by atoms with Gasteiger partial charge >= 0.3 is 12.0 Å². The fraction of sp³-hybridized carbons (Fsp3) is 0.467. The van der Waals surface area contributed by atoms with Crippen molar-refractivity contribution in [3.8, 4) is 0 Å². The molecule has 1 aromatic carbocycles. The van der Waals surface area contributed by atoms with Crippen molar-refractivity contribution in [1.82, 2.24) is 10.2 Å². The number of carboxylic acid groups (broad SMARTS) is 1. The molecule has 2 N–H and O–H groups in total. The van der Waals surface area contributed by atoms with Gasteiger partial charge in [0.15, 0.2) is 0 Å². The van der Waals surface area contributed by atoms with Gasteiger partial charge in [-0.3, -0.25) is 4.79 Å². The number of rotatable bonds is 5. The molecular weight excluding hydrogens is 275 g/mol. The Bertz CT molecular complexity index is 558. The van der Waals surface area contributed by atoms with Gasteiger partial charge in [-0.2, -0.15) is 0 Å². The first-order valence-corrected chi connectivity index (χ1v) is 6.86. The Morgan fingerprint density at radius 1 is 1.43 bits per heavy atom. The summed E-state index contributed by atoms with van der Waals surface area (Å²) in [5, 5.41) is 11.7. The van der Waals surface area contributed by atoms with Crippen molar-refractivity contribution in [2.45, 2.75) is 25.8 Å². The second kappa shape index (κ2) is 5.71. The summed E-state index contributed by atoms with van der Waals surface area (Å²) < 4.78 is 13.7. The van der Waals surface area contributed by atoms with Crippen molar-refractivity contribution < 1.29 is 19.1 Å². The Balaban J connectivity index is 1.96. The van der Waals surface area contributed by atoms with Gasteiger partial charge in [-0.25, -0.2) is 9.18 Å². The van der Waals surface area contributed by atoms with E-state index in [1.807, 2.05) is 0 Å². The Morgan fingerprint density at radius 2 is 2.05 bits per heavy atom. The smallest absolute Gasteiger partial charge is 0.317 e. The van der Waals surface area contributed by atoms with Crippen LogP contribution in [0, 0.1) is 11.2 Å². The van der Waals surface area contributed by atoms with E-state index in [2.05, 4.69) is 5.32 Å². The summed E-state index contributed by atoms with van der Waals surface area (Å²) in [7, 11) is 1.56. The first-order valence-electron chi connectivity index (χ1n) is 6.86. The van der Waals surface area contributed by atoms with Crippen molar-refractivity contribution in [2.75, 3.05) is 13.6 Å². The van der Waals surface area contributed by atoms with Crippen LogP contribution in [0.4, 0.5) is 9.18 Å². The number of hydrogen-bond donors (Lipinski definition) is 2. The molecule has 0 saturated heterocycles. The van der Waals surface area contributed by atoms with Crippen LogP contribution in [0.2, 0.25) is 0 Å². The Hall–Kier alpha value is -2.11. The van der Waals surface area contributed by atoms with Crippen molar-refractivity contribution in [3.05, 3.63) is 35.6 Å². The summed E-state index contributed by atoms with van der Waals surface area (Å²) in [6.07, 6.45) is 1.16. The summed E-state index contributed by atoms with van der Waals surface area (Å²) in [6.45, 7) is 1.83. The number of carbonyl (C=O) groups is 2. The monoisotopic (exact) mass is 294 g/mol. The molecule has 2 rings (SSSR count). The van der Waals surface area contributed by atoms with E-state index in [9.17, 15) is 14.0 Å². The predicted octanol–water partition coefficient (Wildman–Crippen LogP) is 2.39. The SMILES string of the molecule is CC(c1ccccc1F)N(C)C(=O)NCC1(C(=O)O)CC1. The summed E-state index contributed by atoms with van der Waals surface area (Å²) in [6, 6.07) is 5.44. The molecule has 0 aliphatic heterocycles. The van der Waals surface area contributed by atoms with Gasteiger partial charge in [0.25, 0.3) is 0 Å². The second-order valence-electron chi connectivity index (χ2n) is 5.55. The average molecular weight is 294 g/mol. The van der Waals surface area contributed by atoms with Crippen LogP contribution in [0.3, 0.4) is 0 Å². The molecule has 1 aliphatic rings. The molecule has 0 radical (unpaired) electrons. The molecule has 114 valence electrons. The van der Waals surface area contributed by atoms with Gasteiger partial charge < -0.3 is 15.3 Å². The van der Waals surface area contributed by atoms with Crippen LogP contribution < -0.4 is 5.32 Å². The largest absolute Gasteiger partial charge is 0.481 e. The Morgan fingerprint density at radius 3 is 2.57 bits per heavy atom. The number of carbonyl (C=O) groups excluding carboxylic acids is 1. The minimum Gasteiger partial charge on any atom is -0.481 e. The Kier molecular flexibility index (Phi) is 4.16. The van der Waals surface area contributed by atoms with Crippen LogP contribution in [0.15, 0.2) is 24.3 Å². The molecule has 21 heavy (non-hydrogen) atoms. The first-order chi connectivity index (χ1) is 9.87. The van der Waals surface area contributed by atoms with E-state index in [0.717, 1.165) is 0 Å². The third kappa shape index (κ3) is 3.15. The first kappa shape index (κ1) is 15.3. The van der Waals surface area contributed by atoms with Gasteiger partial charge in [-0.15, -0.1) is 0 Å². The number of nitrogens with one attached hydrogen (secondary N) is 1. The van der Waals surface area contributed by atoms with Crippen LogP contribution in [0.5, 0.6) is 0 Å². The highest BCUT2D eigenvalue weighted by atomic mass is 19.1. The van der Waals surface area contributed by atoms with E-state index in [4.69, 9.17) is 5.11 Å². The van der Waals surface area contributed by atoms with E-state index >= 15 is 0 Å². The lowest BCUT2D eigenvalue weighted by molar-refractivity contribution is -0.143.